The zero-order valence-corrected chi connectivity index (χ0v) is 17.9. The van der Waals surface area contributed by atoms with Crippen LogP contribution in [0.2, 0.25) is 5.02 Å². The van der Waals surface area contributed by atoms with Crippen LogP contribution in [0.25, 0.3) is 11.0 Å². The van der Waals surface area contributed by atoms with E-state index in [0.717, 1.165) is 18.4 Å². The number of nitrogens with one attached hydrogen (secondary N) is 1. The predicted molar refractivity (Wildman–Crippen MR) is 115 cm³/mol. The van der Waals surface area contributed by atoms with E-state index in [9.17, 15) is 14.0 Å². The minimum atomic E-state index is -0.537. The third-order valence-electron chi connectivity index (χ3n) is 6.33. The number of hydrogen-bond acceptors (Lipinski definition) is 5. The van der Waals surface area contributed by atoms with Gasteiger partial charge in [-0.1, -0.05) is 17.7 Å². The molecule has 0 aliphatic carbocycles. The molecular formula is C22H21ClFN5O3. The molecule has 1 aromatic heterocycles. The average molecular weight is 458 g/mol. The monoisotopic (exact) mass is 457 g/mol. The Hall–Kier alpha value is -3.20. The van der Waals surface area contributed by atoms with Crippen LogP contribution in [0.3, 0.4) is 0 Å². The number of aromatic amines is 1. The zero-order valence-electron chi connectivity index (χ0n) is 17.2. The lowest BCUT2D eigenvalue weighted by molar-refractivity contribution is -0.0319. The van der Waals surface area contributed by atoms with Crippen molar-refractivity contribution in [1.82, 2.24) is 25.2 Å². The molecule has 5 rings (SSSR count). The number of hydrogen-bond donors (Lipinski definition) is 1. The Bertz CT molecular complexity index is 1180. The number of likely N-dealkylation sites (tertiary alicyclic amines) is 2. The molecule has 3 aromatic rings. The third-order valence-corrected chi connectivity index (χ3v) is 6.64. The zero-order chi connectivity index (χ0) is 22.3. The van der Waals surface area contributed by atoms with Crippen LogP contribution in [0, 0.1) is 11.2 Å². The van der Waals surface area contributed by atoms with Crippen LogP contribution in [0.5, 0.6) is 0 Å². The van der Waals surface area contributed by atoms with E-state index in [0.29, 0.717) is 42.8 Å². The summed E-state index contributed by atoms with van der Waals surface area (Å²) >= 11 is 5.67. The van der Waals surface area contributed by atoms with Gasteiger partial charge in [-0.2, -0.15) is 15.4 Å². The number of carbonyl (C=O) groups is 2. The first kappa shape index (κ1) is 20.7. The molecule has 2 aliphatic rings. The molecule has 0 unspecified atom stereocenters. The molecule has 10 heteroatoms. The van der Waals surface area contributed by atoms with Gasteiger partial charge >= 0.3 is 6.09 Å². The second-order valence-electron chi connectivity index (χ2n) is 8.48. The van der Waals surface area contributed by atoms with E-state index in [4.69, 9.17) is 16.3 Å². The first-order valence-corrected chi connectivity index (χ1v) is 10.8. The number of ether oxygens (including phenoxy) is 1. The van der Waals surface area contributed by atoms with Gasteiger partial charge in [-0.05, 0) is 48.7 Å². The summed E-state index contributed by atoms with van der Waals surface area (Å²) in [5, 5.41) is 10.6. The van der Waals surface area contributed by atoms with E-state index >= 15 is 0 Å². The Morgan fingerprint density at radius 2 is 1.81 bits per heavy atom. The minimum absolute atomic E-state index is 0.00723. The molecule has 8 nitrogen and oxygen atoms in total. The van der Waals surface area contributed by atoms with E-state index in [1.165, 1.54) is 12.1 Å². The van der Waals surface area contributed by atoms with Gasteiger partial charge in [-0.25, -0.2) is 9.18 Å². The summed E-state index contributed by atoms with van der Waals surface area (Å²) in [4.78, 5) is 28.7. The summed E-state index contributed by atoms with van der Waals surface area (Å²) in [6, 6.07) is 9.63. The van der Waals surface area contributed by atoms with Crippen molar-refractivity contribution in [3.63, 3.8) is 0 Å². The van der Waals surface area contributed by atoms with E-state index in [-0.39, 0.29) is 23.0 Å². The fraction of sp³-hybridized carbons (Fsp3) is 0.364. The highest BCUT2D eigenvalue weighted by molar-refractivity contribution is 6.30. The van der Waals surface area contributed by atoms with Crippen LogP contribution in [-0.4, -0.2) is 63.4 Å². The highest BCUT2D eigenvalue weighted by Gasteiger charge is 2.47. The number of amides is 2. The molecule has 0 saturated carbocycles. The lowest BCUT2D eigenvalue weighted by atomic mass is 9.72. The standard InChI is InChI=1S/C22H21ClFN5O3/c23-16-3-1-14(9-17(16)24)11-32-21(31)28-7-5-22(6-8-28)12-29(13-22)20(30)15-2-4-18-19(10-15)26-27-25-18/h1-4,9-10H,5-8,11-13H2,(H,25,26,27). The van der Waals surface area contributed by atoms with Gasteiger partial charge in [-0.15, -0.1) is 0 Å². The molecule has 0 bridgehead atoms. The van der Waals surface area contributed by atoms with Crippen LogP contribution >= 0.6 is 11.6 Å². The lowest BCUT2D eigenvalue weighted by Crippen LogP contribution is -2.62. The van der Waals surface area contributed by atoms with Crippen molar-refractivity contribution < 1.29 is 18.7 Å². The molecule has 166 valence electrons. The number of H-pyrrole nitrogens is 1. The van der Waals surface area contributed by atoms with Crippen molar-refractivity contribution in [3.8, 4) is 0 Å². The number of nitrogens with zero attached hydrogens (tertiary/aromatic N) is 4. The van der Waals surface area contributed by atoms with Crippen LogP contribution in [-0.2, 0) is 11.3 Å². The quantitative estimate of drug-likeness (QED) is 0.648. The molecule has 2 amide bonds. The van der Waals surface area contributed by atoms with Crippen molar-refractivity contribution in [2.45, 2.75) is 19.4 Å². The highest BCUT2D eigenvalue weighted by atomic mass is 35.5. The first-order chi connectivity index (χ1) is 15.4. The molecule has 3 heterocycles. The smallest absolute Gasteiger partial charge is 0.410 e. The SMILES string of the molecule is O=C(OCc1ccc(Cl)c(F)c1)N1CCC2(CC1)CN(C(=O)c1ccc3n[nH]nc3c1)C2. The molecule has 0 radical (unpaired) electrons. The number of rotatable bonds is 3. The van der Waals surface area contributed by atoms with Gasteiger partial charge in [0.05, 0.1) is 5.02 Å². The maximum absolute atomic E-state index is 13.5. The molecule has 2 aromatic carbocycles. The van der Waals surface area contributed by atoms with Gasteiger partial charge in [0.1, 0.15) is 23.5 Å². The Labute approximate surface area is 188 Å². The van der Waals surface area contributed by atoms with Crippen LogP contribution in [0.1, 0.15) is 28.8 Å². The van der Waals surface area contributed by atoms with Crippen molar-refractivity contribution in [2.24, 2.45) is 5.41 Å². The second-order valence-corrected chi connectivity index (χ2v) is 8.89. The molecular weight excluding hydrogens is 437 g/mol. The Morgan fingerprint density at radius 1 is 1.06 bits per heavy atom. The molecule has 2 aliphatic heterocycles. The topological polar surface area (TPSA) is 91.4 Å². The Kier molecular flexibility index (Phi) is 5.21. The average Bonchev–Trinajstić information content (AvgIpc) is 3.25. The van der Waals surface area contributed by atoms with Crippen molar-refractivity contribution in [1.29, 1.82) is 0 Å². The van der Waals surface area contributed by atoms with E-state index < -0.39 is 11.9 Å². The summed E-state index contributed by atoms with van der Waals surface area (Å²) in [5.41, 5.74) is 2.58. The molecule has 2 saturated heterocycles. The number of carbonyl (C=O) groups excluding carboxylic acids is 2. The summed E-state index contributed by atoms with van der Waals surface area (Å²) in [6.07, 6.45) is 1.21. The highest BCUT2D eigenvalue weighted by Crippen LogP contribution is 2.41. The summed E-state index contributed by atoms with van der Waals surface area (Å²) in [5.74, 6) is -0.553. The van der Waals surface area contributed by atoms with Crippen molar-refractivity contribution in [3.05, 3.63) is 58.4 Å². The number of halogens is 2. The van der Waals surface area contributed by atoms with E-state index in [1.807, 2.05) is 4.90 Å². The predicted octanol–water partition coefficient (Wildman–Crippen LogP) is 3.63. The van der Waals surface area contributed by atoms with Gasteiger partial charge in [0, 0.05) is 37.2 Å². The Balaban J connectivity index is 1.11. The van der Waals surface area contributed by atoms with Crippen molar-refractivity contribution in [2.75, 3.05) is 26.2 Å². The fourth-order valence-corrected chi connectivity index (χ4v) is 4.53. The maximum atomic E-state index is 13.5. The third kappa shape index (κ3) is 3.88. The van der Waals surface area contributed by atoms with Gasteiger partial charge in [-0.3, -0.25) is 4.79 Å². The normalized spacial score (nSPS) is 17.4. The van der Waals surface area contributed by atoms with Crippen molar-refractivity contribution >= 4 is 34.6 Å². The van der Waals surface area contributed by atoms with Crippen LogP contribution in [0.4, 0.5) is 9.18 Å². The van der Waals surface area contributed by atoms with Gasteiger partial charge in [0.2, 0.25) is 0 Å². The van der Waals surface area contributed by atoms with Gasteiger partial charge in [0.25, 0.3) is 5.91 Å². The molecule has 0 atom stereocenters. The number of fused-ring (bicyclic) bond motifs is 1. The minimum Gasteiger partial charge on any atom is -0.445 e. The molecule has 1 spiro atoms. The van der Waals surface area contributed by atoms with E-state index in [2.05, 4.69) is 15.4 Å². The molecule has 32 heavy (non-hydrogen) atoms. The summed E-state index contributed by atoms with van der Waals surface area (Å²) in [6.45, 7) is 2.49. The first-order valence-electron chi connectivity index (χ1n) is 10.4. The second kappa shape index (κ2) is 8.05. The molecule has 2 fully saturated rings. The van der Waals surface area contributed by atoms with Gasteiger partial charge < -0.3 is 14.5 Å². The number of benzene rings is 2. The molecule has 1 N–H and O–H groups in total. The van der Waals surface area contributed by atoms with Gasteiger partial charge in [0.15, 0.2) is 0 Å². The largest absolute Gasteiger partial charge is 0.445 e. The Morgan fingerprint density at radius 3 is 2.56 bits per heavy atom. The lowest BCUT2D eigenvalue weighted by Gasteiger charge is -2.53. The van der Waals surface area contributed by atoms with Crippen LogP contribution < -0.4 is 0 Å². The fourth-order valence-electron chi connectivity index (χ4n) is 4.41. The summed E-state index contributed by atoms with van der Waals surface area (Å²) < 4.78 is 18.8. The van der Waals surface area contributed by atoms with Crippen LogP contribution in [0.15, 0.2) is 36.4 Å². The summed E-state index contributed by atoms with van der Waals surface area (Å²) in [7, 11) is 0. The number of piperidine rings is 1. The maximum Gasteiger partial charge on any atom is 0.410 e. The van der Waals surface area contributed by atoms with E-state index in [1.54, 1.807) is 29.2 Å². The number of aromatic nitrogens is 3.